The standard InChI is InChI=1S/C28H31FN4O5S/c1-16-12-20(25(38-16)18-9-10-21(30-15-18)33-11-5-8-22(33)34)24-26(29)39-28(31-24)32(2)27(37)19(14-23(35)36)13-17-6-3-4-7-17/h9-10,12,15,17,19H,3-8,11,13-14H2,1-2H3,(H,35,36)/t19-/m1/s1. The summed E-state index contributed by atoms with van der Waals surface area (Å²) in [6.07, 6.45) is 7.31. The monoisotopic (exact) mass is 554 g/mol. The number of aromatic nitrogens is 2. The number of aliphatic carboxylic acids is 1. The van der Waals surface area contributed by atoms with Crippen molar-refractivity contribution in [3.05, 3.63) is 35.3 Å². The Labute approximate surface area is 229 Å². The van der Waals surface area contributed by atoms with E-state index in [1.807, 2.05) is 0 Å². The fraction of sp³-hybridized carbons (Fsp3) is 0.464. The van der Waals surface area contributed by atoms with E-state index in [0.29, 0.717) is 53.8 Å². The Morgan fingerprint density at radius 2 is 2.05 bits per heavy atom. The zero-order chi connectivity index (χ0) is 27.7. The van der Waals surface area contributed by atoms with Gasteiger partial charge in [-0.1, -0.05) is 37.0 Å². The lowest BCUT2D eigenvalue weighted by atomic mass is 9.90. The van der Waals surface area contributed by atoms with Crippen molar-refractivity contribution in [2.75, 3.05) is 23.4 Å². The molecule has 0 unspecified atom stereocenters. The third-order valence-corrected chi connectivity index (χ3v) is 8.45. The lowest BCUT2D eigenvalue weighted by Crippen LogP contribution is -2.35. The number of furan rings is 1. The van der Waals surface area contributed by atoms with Gasteiger partial charge in [-0.3, -0.25) is 24.2 Å². The number of carboxylic acid groups (broad SMARTS) is 1. The van der Waals surface area contributed by atoms with Crippen LogP contribution in [0, 0.1) is 23.9 Å². The van der Waals surface area contributed by atoms with E-state index in [1.54, 1.807) is 36.2 Å². The Morgan fingerprint density at radius 1 is 1.28 bits per heavy atom. The van der Waals surface area contributed by atoms with Crippen LogP contribution in [0.25, 0.3) is 22.6 Å². The van der Waals surface area contributed by atoms with Crippen molar-refractivity contribution < 1.29 is 28.3 Å². The van der Waals surface area contributed by atoms with Gasteiger partial charge in [-0.05, 0) is 43.9 Å². The Hall–Kier alpha value is -3.60. The first-order chi connectivity index (χ1) is 18.7. The normalized spacial score (nSPS) is 16.7. The second-order valence-corrected chi connectivity index (χ2v) is 11.3. The number of thiazole rings is 1. The van der Waals surface area contributed by atoms with Gasteiger partial charge in [0.15, 0.2) is 5.13 Å². The lowest BCUT2D eigenvalue weighted by molar-refractivity contribution is -0.140. The van der Waals surface area contributed by atoms with Gasteiger partial charge in [-0.2, -0.15) is 4.39 Å². The number of nitrogens with zero attached hydrogens (tertiary/aromatic N) is 4. The van der Waals surface area contributed by atoms with Crippen molar-refractivity contribution in [3.8, 4) is 22.6 Å². The molecule has 2 amide bonds. The van der Waals surface area contributed by atoms with E-state index in [1.165, 1.54) is 11.9 Å². The summed E-state index contributed by atoms with van der Waals surface area (Å²) in [5, 5.41) is 8.98. The topological polar surface area (TPSA) is 117 Å². The van der Waals surface area contributed by atoms with Gasteiger partial charge in [-0.15, -0.1) is 0 Å². The van der Waals surface area contributed by atoms with E-state index in [4.69, 9.17) is 4.42 Å². The molecule has 9 nitrogen and oxygen atoms in total. The highest BCUT2D eigenvalue weighted by Crippen LogP contribution is 2.40. The van der Waals surface area contributed by atoms with Crippen LogP contribution in [0.1, 0.15) is 57.1 Å². The Balaban J connectivity index is 1.39. The number of carbonyl (C=O) groups excluding carboxylic acids is 2. The van der Waals surface area contributed by atoms with Crippen molar-refractivity contribution in [1.29, 1.82) is 0 Å². The van der Waals surface area contributed by atoms with Crippen LogP contribution in [-0.2, 0) is 14.4 Å². The molecule has 0 aromatic carbocycles. The highest BCUT2D eigenvalue weighted by molar-refractivity contribution is 7.14. The molecule has 1 aliphatic heterocycles. The number of hydrogen-bond acceptors (Lipinski definition) is 7. The molecule has 1 saturated heterocycles. The van der Waals surface area contributed by atoms with Gasteiger partial charge in [0.05, 0.1) is 12.0 Å². The minimum absolute atomic E-state index is 0.0364. The van der Waals surface area contributed by atoms with Gasteiger partial charge in [-0.25, -0.2) is 9.97 Å². The van der Waals surface area contributed by atoms with Crippen LogP contribution < -0.4 is 9.80 Å². The van der Waals surface area contributed by atoms with Crippen molar-refractivity contribution in [1.82, 2.24) is 9.97 Å². The van der Waals surface area contributed by atoms with Gasteiger partial charge < -0.3 is 9.52 Å². The number of carboxylic acids is 1. The molecule has 2 fully saturated rings. The summed E-state index contributed by atoms with van der Waals surface area (Å²) < 4.78 is 21.2. The van der Waals surface area contributed by atoms with Crippen molar-refractivity contribution in [2.24, 2.45) is 11.8 Å². The maximum absolute atomic E-state index is 15.3. The minimum atomic E-state index is -1.03. The summed E-state index contributed by atoms with van der Waals surface area (Å²) in [7, 11) is 1.51. The summed E-state index contributed by atoms with van der Waals surface area (Å²) >= 11 is 0.736. The number of hydrogen-bond donors (Lipinski definition) is 1. The van der Waals surface area contributed by atoms with E-state index >= 15 is 4.39 Å². The van der Waals surface area contributed by atoms with Crippen molar-refractivity contribution >= 4 is 40.1 Å². The van der Waals surface area contributed by atoms with E-state index in [9.17, 15) is 19.5 Å². The first-order valence-electron chi connectivity index (χ1n) is 13.2. The highest BCUT2D eigenvalue weighted by Gasteiger charge is 2.32. The van der Waals surface area contributed by atoms with Gasteiger partial charge in [0, 0.05) is 37.7 Å². The summed E-state index contributed by atoms with van der Waals surface area (Å²) in [5.74, 6) is -0.233. The molecule has 0 spiro atoms. The summed E-state index contributed by atoms with van der Waals surface area (Å²) in [4.78, 5) is 48.7. The number of anilines is 2. The second kappa shape index (κ2) is 11.3. The molecular weight excluding hydrogens is 523 g/mol. The largest absolute Gasteiger partial charge is 0.481 e. The summed E-state index contributed by atoms with van der Waals surface area (Å²) in [6.45, 7) is 2.38. The van der Waals surface area contributed by atoms with Crippen LogP contribution >= 0.6 is 11.3 Å². The molecule has 1 N–H and O–H groups in total. The van der Waals surface area contributed by atoms with Crippen LogP contribution in [0.15, 0.2) is 28.8 Å². The Kier molecular flexibility index (Phi) is 7.79. The molecule has 1 saturated carbocycles. The van der Waals surface area contributed by atoms with Gasteiger partial charge in [0.2, 0.25) is 16.9 Å². The average molecular weight is 555 g/mol. The maximum Gasteiger partial charge on any atom is 0.304 e. The molecule has 39 heavy (non-hydrogen) atoms. The number of rotatable bonds is 9. The predicted molar refractivity (Wildman–Crippen MR) is 145 cm³/mol. The molecular formula is C28H31FN4O5S. The fourth-order valence-corrected chi connectivity index (χ4v) is 6.35. The minimum Gasteiger partial charge on any atom is -0.481 e. The molecule has 2 aliphatic rings. The fourth-order valence-electron chi connectivity index (χ4n) is 5.57. The van der Waals surface area contributed by atoms with Crippen LogP contribution in [0.2, 0.25) is 0 Å². The molecule has 1 atom stereocenters. The van der Waals surface area contributed by atoms with Crippen LogP contribution in [0.5, 0.6) is 0 Å². The zero-order valence-electron chi connectivity index (χ0n) is 22.0. The SMILES string of the molecule is Cc1cc(-c2nc(N(C)C(=O)[C@@H](CC(=O)O)CC3CCCC3)sc2F)c(-c2ccc(N3CCCC3=O)nc2)o1. The van der Waals surface area contributed by atoms with Crippen molar-refractivity contribution in [3.63, 3.8) is 0 Å². The average Bonchev–Trinajstić information content (AvgIpc) is 3.71. The van der Waals surface area contributed by atoms with Gasteiger partial charge in [0.1, 0.15) is 23.0 Å². The number of halogens is 1. The quantitative estimate of drug-likeness (QED) is 0.362. The van der Waals surface area contributed by atoms with E-state index in [2.05, 4.69) is 9.97 Å². The van der Waals surface area contributed by atoms with Gasteiger partial charge in [0.25, 0.3) is 0 Å². The third kappa shape index (κ3) is 5.73. The molecule has 0 bridgehead atoms. The second-order valence-electron chi connectivity index (χ2n) is 10.4. The number of amides is 2. The first-order valence-corrected chi connectivity index (χ1v) is 14.1. The molecule has 0 radical (unpaired) electrons. The third-order valence-electron chi connectivity index (χ3n) is 7.53. The van der Waals surface area contributed by atoms with Crippen LogP contribution in [-0.4, -0.2) is 46.5 Å². The zero-order valence-corrected chi connectivity index (χ0v) is 22.8. The van der Waals surface area contributed by atoms with E-state index in [0.717, 1.165) is 43.4 Å². The molecule has 4 heterocycles. The Bertz CT molecular complexity index is 1380. The number of aryl methyl sites for hydroxylation is 1. The van der Waals surface area contributed by atoms with E-state index < -0.39 is 17.0 Å². The van der Waals surface area contributed by atoms with E-state index in [-0.39, 0.29) is 29.1 Å². The predicted octanol–water partition coefficient (Wildman–Crippen LogP) is 5.67. The van der Waals surface area contributed by atoms with Crippen LogP contribution in [0.4, 0.5) is 15.3 Å². The molecule has 206 valence electrons. The summed E-state index contributed by atoms with van der Waals surface area (Å²) in [5.41, 5.74) is 1.07. The first kappa shape index (κ1) is 27.0. The van der Waals surface area contributed by atoms with Crippen molar-refractivity contribution in [2.45, 2.75) is 58.3 Å². The molecule has 11 heteroatoms. The van der Waals surface area contributed by atoms with Crippen LogP contribution in [0.3, 0.4) is 0 Å². The number of carbonyl (C=O) groups is 3. The summed E-state index contributed by atoms with van der Waals surface area (Å²) in [6, 6.07) is 5.20. The highest BCUT2D eigenvalue weighted by atomic mass is 32.1. The molecule has 3 aromatic heterocycles. The molecule has 1 aliphatic carbocycles. The molecule has 5 rings (SSSR count). The smallest absolute Gasteiger partial charge is 0.304 e. The number of pyridine rings is 1. The van der Waals surface area contributed by atoms with Gasteiger partial charge >= 0.3 is 5.97 Å². The lowest BCUT2D eigenvalue weighted by Gasteiger charge is -2.23. The molecule has 3 aromatic rings. The maximum atomic E-state index is 15.3. The Morgan fingerprint density at radius 3 is 2.69 bits per heavy atom.